The third-order valence-corrected chi connectivity index (χ3v) is 3.83. The highest BCUT2D eigenvalue weighted by atomic mass is 16.6. The van der Waals surface area contributed by atoms with E-state index in [2.05, 4.69) is 5.16 Å². The standard InChI is InChI=1S/C21H23NO6/c1-24-14-18(21(23)26-3)17-8-6-5-7-16(17)13-28-20-11-15(12-22-27-4)9-10-19(20)25-2/h5-12,14H,13H2,1-4H3/b18-14+,22-12+. The highest BCUT2D eigenvalue weighted by Crippen LogP contribution is 2.29. The normalized spacial score (nSPS) is 11.2. The second-order valence-electron chi connectivity index (χ2n) is 5.53. The number of esters is 1. The Hall–Kier alpha value is -3.48. The molecule has 0 fully saturated rings. The molecule has 0 aromatic heterocycles. The lowest BCUT2D eigenvalue weighted by Gasteiger charge is -2.14. The van der Waals surface area contributed by atoms with E-state index in [1.807, 2.05) is 24.3 Å². The number of nitrogens with zero attached hydrogens (tertiary/aromatic N) is 1. The minimum absolute atomic E-state index is 0.204. The van der Waals surface area contributed by atoms with E-state index in [4.69, 9.17) is 23.8 Å². The number of methoxy groups -OCH3 is 3. The van der Waals surface area contributed by atoms with Gasteiger partial charge >= 0.3 is 5.97 Å². The maximum Gasteiger partial charge on any atom is 0.341 e. The van der Waals surface area contributed by atoms with E-state index < -0.39 is 5.97 Å². The van der Waals surface area contributed by atoms with Crippen LogP contribution in [0.15, 0.2) is 53.9 Å². The number of rotatable bonds is 9. The summed E-state index contributed by atoms with van der Waals surface area (Å²) in [5.41, 5.74) is 2.54. The Morgan fingerprint density at radius 3 is 2.50 bits per heavy atom. The molecule has 28 heavy (non-hydrogen) atoms. The molecule has 0 amide bonds. The topological polar surface area (TPSA) is 75.6 Å². The van der Waals surface area contributed by atoms with E-state index in [1.54, 1.807) is 31.5 Å². The highest BCUT2D eigenvalue weighted by Gasteiger charge is 2.17. The van der Waals surface area contributed by atoms with Crippen LogP contribution in [-0.4, -0.2) is 40.6 Å². The summed E-state index contributed by atoms with van der Waals surface area (Å²) in [5, 5.41) is 3.75. The van der Waals surface area contributed by atoms with Crippen molar-refractivity contribution in [1.82, 2.24) is 0 Å². The quantitative estimate of drug-likeness (QED) is 0.216. The van der Waals surface area contributed by atoms with E-state index in [-0.39, 0.29) is 6.61 Å². The smallest absolute Gasteiger partial charge is 0.341 e. The van der Waals surface area contributed by atoms with Gasteiger partial charge in [0.05, 0.1) is 33.8 Å². The summed E-state index contributed by atoms with van der Waals surface area (Å²) in [5.74, 6) is 0.616. The van der Waals surface area contributed by atoms with E-state index in [0.29, 0.717) is 22.6 Å². The maximum absolute atomic E-state index is 12.1. The zero-order valence-electron chi connectivity index (χ0n) is 16.3. The van der Waals surface area contributed by atoms with Gasteiger partial charge in [0.25, 0.3) is 0 Å². The van der Waals surface area contributed by atoms with Gasteiger partial charge in [-0.05, 0) is 29.3 Å². The van der Waals surface area contributed by atoms with Gasteiger partial charge in [-0.2, -0.15) is 0 Å². The second kappa shape index (κ2) is 10.6. The van der Waals surface area contributed by atoms with Gasteiger partial charge in [-0.3, -0.25) is 0 Å². The van der Waals surface area contributed by atoms with E-state index >= 15 is 0 Å². The molecule has 0 unspecified atom stereocenters. The molecule has 0 atom stereocenters. The van der Waals surface area contributed by atoms with Crippen molar-refractivity contribution in [2.24, 2.45) is 5.16 Å². The molecule has 0 N–H and O–H groups in total. The van der Waals surface area contributed by atoms with Crippen LogP contribution in [0.4, 0.5) is 0 Å². The molecule has 0 heterocycles. The molecule has 0 saturated heterocycles. The van der Waals surface area contributed by atoms with Crippen LogP contribution in [0, 0.1) is 0 Å². The van der Waals surface area contributed by atoms with Crippen molar-refractivity contribution in [2.75, 3.05) is 28.4 Å². The number of benzene rings is 2. The van der Waals surface area contributed by atoms with Crippen molar-refractivity contribution in [3.8, 4) is 11.5 Å². The summed E-state index contributed by atoms with van der Waals surface area (Å²) < 4.78 is 21.2. The number of carbonyl (C=O) groups excluding carboxylic acids is 1. The van der Waals surface area contributed by atoms with Crippen molar-refractivity contribution in [3.63, 3.8) is 0 Å². The fourth-order valence-electron chi connectivity index (χ4n) is 2.51. The van der Waals surface area contributed by atoms with Crippen LogP contribution < -0.4 is 9.47 Å². The first kappa shape index (κ1) is 20.8. The fraction of sp³-hybridized carbons (Fsp3) is 0.238. The Labute approximate surface area is 164 Å². The molecule has 0 aliphatic carbocycles. The van der Waals surface area contributed by atoms with Crippen molar-refractivity contribution in [1.29, 1.82) is 0 Å². The van der Waals surface area contributed by atoms with Crippen LogP contribution in [0.3, 0.4) is 0 Å². The average Bonchev–Trinajstić information content (AvgIpc) is 2.74. The maximum atomic E-state index is 12.1. The Morgan fingerprint density at radius 2 is 1.82 bits per heavy atom. The summed E-state index contributed by atoms with van der Waals surface area (Å²) >= 11 is 0. The molecular formula is C21H23NO6. The number of hydrogen-bond acceptors (Lipinski definition) is 7. The lowest BCUT2D eigenvalue weighted by Crippen LogP contribution is -2.08. The van der Waals surface area contributed by atoms with Gasteiger partial charge in [-0.15, -0.1) is 0 Å². The average molecular weight is 385 g/mol. The Morgan fingerprint density at radius 1 is 1.04 bits per heavy atom. The van der Waals surface area contributed by atoms with Crippen molar-refractivity contribution in [2.45, 2.75) is 6.61 Å². The second-order valence-corrected chi connectivity index (χ2v) is 5.53. The van der Waals surface area contributed by atoms with Gasteiger partial charge < -0.3 is 23.8 Å². The molecule has 148 valence electrons. The molecule has 2 aromatic rings. The molecule has 7 nitrogen and oxygen atoms in total. The lowest BCUT2D eigenvalue weighted by atomic mass is 10.0. The van der Waals surface area contributed by atoms with Crippen molar-refractivity contribution < 1.29 is 28.6 Å². The summed E-state index contributed by atoms with van der Waals surface area (Å²) in [4.78, 5) is 16.8. The van der Waals surface area contributed by atoms with Crippen LogP contribution in [-0.2, 0) is 25.7 Å². The first-order valence-corrected chi connectivity index (χ1v) is 8.41. The molecule has 2 aromatic carbocycles. The van der Waals surface area contributed by atoms with E-state index in [0.717, 1.165) is 11.1 Å². The Bertz CT molecular complexity index is 860. The predicted molar refractivity (Wildman–Crippen MR) is 105 cm³/mol. The zero-order valence-corrected chi connectivity index (χ0v) is 16.3. The fourth-order valence-corrected chi connectivity index (χ4v) is 2.51. The van der Waals surface area contributed by atoms with Crippen LogP contribution >= 0.6 is 0 Å². The van der Waals surface area contributed by atoms with Gasteiger partial charge in [0.15, 0.2) is 11.5 Å². The predicted octanol–water partition coefficient (Wildman–Crippen LogP) is 3.41. The molecule has 7 heteroatoms. The molecule has 0 spiro atoms. The van der Waals surface area contributed by atoms with Crippen LogP contribution in [0.25, 0.3) is 5.57 Å². The van der Waals surface area contributed by atoms with Gasteiger partial charge in [0.2, 0.25) is 0 Å². The van der Waals surface area contributed by atoms with Gasteiger partial charge in [0, 0.05) is 5.56 Å². The minimum atomic E-state index is -0.496. The van der Waals surface area contributed by atoms with Crippen LogP contribution in [0.2, 0.25) is 0 Å². The molecular weight excluding hydrogens is 362 g/mol. The van der Waals surface area contributed by atoms with E-state index in [1.165, 1.54) is 27.6 Å². The van der Waals surface area contributed by atoms with Gasteiger partial charge in [-0.1, -0.05) is 29.4 Å². The highest BCUT2D eigenvalue weighted by molar-refractivity contribution is 6.16. The summed E-state index contributed by atoms with van der Waals surface area (Å²) in [6.45, 7) is 0.204. The Kier molecular flexibility index (Phi) is 7.90. The van der Waals surface area contributed by atoms with Crippen LogP contribution in [0.1, 0.15) is 16.7 Å². The molecule has 2 rings (SSSR count). The van der Waals surface area contributed by atoms with Crippen molar-refractivity contribution >= 4 is 17.8 Å². The third kappa shape index (κ3) is 5.26. The summed E-state index contributed by atoms with van der Waals surface area (Å²) in [6, 6.07) is 12.8. The van der Waals surface area contributed by atoms with E-state index in [9.17, 15) is 4.79 Å². The lowest BCUT2D eigenvalue weighted by molar-refractivity contribution is -0.133. The zero-order chi connectivity index (χ0) is 20.4. The van der Waals surface area contributed by atoms with Gasteiger partial charge in [-0.25, -0.2) is 4.79 Å². The number of hydrogen-bond donors (Lipinski definition) is 0. The number of carbonyl (C=O) groups is 1. The molecule has 0 aliphatic rings. The molecule has 0 saturated carbocycles. The number of ether oxygens (including phenoxy) is 4. The third-order valence-electron chi connectivity index (χ3n) is 3.83. The molecule has 0 bridgehead atoms. The monoisotopic (exact) mass is 385 g/mol. The molecule has 0 aliphatic heterocycles. The summed E-state index contributed by atoms with van der Waals surface area (Å²) in [6.07, 6.45) is 2.92. The minimum Gasteiger partial charge on any atom is -0.503 e. The summed E-state index contributed by atoms with van der Waals surface area (Å²) in [7, 11) is 5.83. The SMILES string of the molecule is CO/C=C(/C(=O)OC)c1ccccc1COc1cc(/C=N/OC)ccc1OC. The van der Waals surface area contributed by atoms with Gasteiger partial charge in [0.1, 0.15) is 19.3 Å². The Balaban J connectivity index is 2.32. The van der Waals surface area contributed by atoms with Crippen molar-refractivity contribution in [3.05, 3.63) is 65.4 Å². The molecule has 0 radical (unpaired) electrons. The largest absolute Gasteiger partial charge is 0.503 e. The first-order chi connectivity index (χ1) is 13.6. The first-order valence-electron chi connectivity index (χ1n) is 8.41. The van der Waals surface area contributed by atoms with Crippen LogP contribution in [0.5, 0.6) is 11.5 Å². The number of oxime groups is 1.